The van der Waals surface area contributed by atoms with Crippen molar-refractivity contribution in [2.75, 3.05) is 17.2 Å². The van der Waals surface area contributed by atoms with Gasteiger partial charge in [-0.05, 0) is 26.3 Å². The molecule has 41 heavy (non-hydrogen) atoms. The Hall–Kier alpha value is -3.42. The van der Waals surface area contributed by atoms with Crippen molar-refractivity contribution < 1.29 is 38.6 Å². The minimum atomic E-state index is -1.31. The molecule has 0 aliphatic carbocycles. The van der Waals surface area contributed by atoms with E-state index in [9.17, 15) is 24.4 Å². The van der Waals surface area contributed by atoms with E-state index < -0.39 is 53.5 Å². The lowest BCUT2D eigenvalue weighted by Crippen LogP contribution is -2.71. The number of carbonyl (C=O) groups excluding carboxylic acids is 4. The maximum absolute atomic E-state index is 13.3. The Balaban J connectivity index is 1.51. The average Bonchev–Trinajstić information content (AvgIpc) is 3.52. The normalized spacial score (nSPS) is 19.4. The van der Waals surface area contributed by atoms with E-state index in [4.69, 9.17) is 19.9 Å². The van der Waals surface area contributed by atoms with Crippen LogP contribution in [0, 0.1) is 6.92 Å². The van der Waals surface area contributed by atoms with Gasteiger partial charge in [-0.25, -0.2) is 14.6 Å². The molecule has 2 aliphatic rings. The lowest BCUT2D eigenvalue weighted by atomic mass is 10.0. The molecule has 1 fully saturated rings. The van der Waals surface area contributed by atoms with Gasteiger partial charge in [0.1, 0.15) is 27.8 Å². The number of thiazole rings is 1. The number of fused-ring (bicyclic) bond motifs is 1. The summed E-state index contributed by atoms with van der Waals surface area (Å²) in [6, 6.07) is -1.03. The molecule has 0 saturated carbocycles. The summed E-state index contributed by atoms with van der Waals surface area (Å²) in [6.45, 7) is 6.44. The third-order valence-corrected chi connectivity index (χ3v) is 9.42. The van der Waals surface area contributed by atoms with Crippen molar-refractivity contribution >= 4 is 81.0 Å². The molecule has 2 unspecified atom stereocenters. The molecule has 19 heteroatoms. The van der Waals surface area contributed by atoms with Crippen LogP contribution in [0.2, 0.25) is 0 Å². The van der Waals surface area contributed by atoms with Gasteiger partial charge in [-0.15, -0.1) is 33.3 Å². The Morgan fingerprint density at radius 1 is 1.27 bits per heavy atom. The van der Waals surface area contributed by atoms with Gasteiger partial charge in [0, 0.05) is 23.8 Å². The summed E-state index contributed by atoms with van der Waals surface area (Å²) in [5, 5.41) is 24.7. The molecule has 0 aromatic carbocycles. The molecule has 15 nitrogen and oxygen atoms in total. The Bertz CT molecular complexity index is 1410. The number of thioether (sulfide) groups is 2. The minimum absolute atomic E-state index is 0.0195. The summed E-state index contributed by atoms with van der Waals surface area (Å²) in [7, 11) is 0. The van der Waals surface area contributed by atoms with Gasteiger partial charge >= 0.3 is 12.1 Å². The fourth-order valence-corrected chi connectivity index (χ4v) is 7.52. The quantitative estimate of drug-likeness (QED) is 0.0643. The number of nitrogen functional groups attached to an aromatic ring is 1. The van der Waals surface area contributed by atoms with E-state index in [0.29, 0.717) is 21.4 Å². The number of hydrogen-bond donors (Lipinski definition) is 3. The Labute approximate surface area is 249 Å². The summed E-state index contributed by atoms with van der Waals surface area (Å²) in [6.07, 6.45) is -2.76. The molecule has 2 aromatic rings. The van der Waals surface area contributed by atoms with Gasteiger partial charge in [-0.2, -0.15) is 0 Å². The summed E-state index contributed by atoms with van der Waals surface area (Å²) in [4.78, 5) is 56.5. The lowest BCUT2D eigenvalue weighted by molar-refractivity contribution is -0.169. The van der Waals surface area contributed by atoms with Gasteiger partial charge in [0.2, 0.25) is 6.29 Å². The SMILES string of the molecule is Cc1nnc(SCC2=C(C(=O)OC(C)OC(=O)OC(C)C)N3C(=O)[C@@H](NC(=O)/C(=N/O)c4csc(N)n4)C3SC2)s1. The van der Waals surface area contributed by atoms with E-state index in [2.05, 4.69) is 25.7 Å². The van der Waals surface area contributed by atoms with Crippen LogP contribution in [0.15, 0.2) is 26.1 Å². The predicted molar refractivity (Wildman–Crippen MR) is 151 cm³/mol. The van der Waals surface area contributed by atoms with Crippen LogP contribution in [0.4, 0.5) is 9.93 Å². The van der Waals surface area contributed by atoms with Gasteiger partial charge in [0.25, 0.3) is 11.8 Å². The number of hydrogen-bond acceptors (Lipinski definition) is 17. The first kappa shape index (κ1) is 30.5. The van der Waals surface area contributed by atoms with Gasteiger partial charge in [-0.3, -0.25) is 14.5 Å². The van der Waals surface area contributed by atoms with Gasteiger partial charge in [0.05, 0.1) is 6.10 Å². The predicted octanol–water partition coefficient (Wildman–Crippen LogP) is 1.96. The topological polar surface area (TPSA) is 209 Å². The average molecular weight is 644 g/mol. The van der Waals surface area contributed by atoms with Crippen LogP contribution >= 0.6 is 46.2 Å². The van der Waals surface area contributed by atoms with Crippen LogP contribution in [0.3, 0.4) is 0 Å². The van der Waals surface area contributed by atoms with Crippen molar-refractivity contribution in [1.29, 1.82) is 0 Å². The second-order valence-electron chi connectivity index (χ2n) is 8.72. The van der Waals surface area contributed by atoms with Crippen molar-refractivity contribution in [3.05, 3.63) is 27.4 Å². The number of anilines is 1. The number of nitrogens with zero attached hydrogens (tertiary/aromatic N) is 5. The standard InChI is InChI=1S/C22H25N7O8S4/c1-8(2)35-22(33)37-10(4)36-19(32)15-11(6-40-21-27-26-9(3)41-21)5-38-18-14(17(31)29(15)18)25-16(30)13(28-34)12-7-39-20(23)24-12/h7-8,10,14,18,34H,5-6H2,1-4H3,(H2,23,24)(H,25,30)/b28-13+/t10?,14-,18?/m1/s1. The molecule has 0 radical (unpaired) electrons. The number of β-lactam (4-membered cyclic amide) rings is 1. The molecule has 4 N–H and O–H groups in total. The molecule has 220 valence electrons. The van der Waals surface area contributed by atoms with E-state index in [1.807, 2.05) is 6.92 Å². The summed E-state index contributed by atoms with van der Waals surface area (Å²) >= 11 is 5.11. The number of aromatic nitrogens is 3. The lowest BCUT2D eigenvalue weighted by Gasteiger charge is -2.49. The Kier molecular flexibility index (Phi) is 9.72. The zero-order chi connectivity index (χ0) is 29.8. The van der Waals surface area contributed by atoms with Crippen LogP contribution in [-0.4, -0.2) is 90.3 Å². The number of esters is 1. The molecule has 0 spiro atoms. The molecule has 2 aliphatic heterocycles. The number of carbonyl (C=O) groups is 4. The molecule has 0 bridgehead atoms. The Morgan fingerprint density at radius 2 is 2.02 bits per heavy atom. The van der Waals surface area contributed by atoms with Crippen molar-refractivity contribution in [3.8, 4) is 0 Å². The van der Waals surface area contributed by atoms with E-state index >= 15 is 0 Å². The largest absolute Gasteiger partial charge is 0.511 e. The number of nitrogens with one attached hydrogen (secondary N) is 1. The van der Waals surface area contributed by atoms with Crippen molar-refractivity contribution in [1.82, 2.24) is 25.4 Å². The molecule has 2 aromatic heterocycles. The molecule has 4 heterocycles. The molecular weight excluding hydrogens is 619 g/mol. The number of oxime groups is 1. The molecule has 3 atom stereocenters. The molecular formula is C22H25N7O8S4. The second kappa shape index (κ2) is 13.0. The minimum Gasteiger partial charge on any atom is -0.431 e. The van der Waals surface area contributed by atoms with Crippen LogP contribution in [-0.2, 0) is 28.6 Å². The molecule has 4 rings (SSSR count). The summed E-state index contributed by atoms with van der Waals surface area (Å²) < 4.78 is 15.9. The zero-order valence-electron chi connectivity index (χ0n) is 22.1. The van der Waals surface area contributed by atoms with Gasteiger partial charge in [-0.1, -0.05) is 28.3 Å². The number of ether oxygens (including phenoxy) is 3. The van der Waals surface area contributed by atoms with E-state index in [-0.39, 0.29) is 16.5 Å². The van der Waals surface area contributed by atoms with E-state index in [0.717, 1.165) is 16.3 Å². The zero-order valence-corrected chi connectivity index (χ0v) is 25.3. The maximum atomic E-state index is 13.3. The first-order chi connectivity index (χ1) is 19.5. The van der Waals surface area contributed by atoms with E-state index in [1.54, 1.807) is 13.8 Å². The smallest absolute Gasteiger partial charge is 0.431 e. The van der Waals surface area contributed by atoms with Crippen molar-refractivity contribution in [3.63, 3.8) is 0 Å². The van der Waals surface area contributed by atoms with Crippen LogP contribution in [0.1, 0.15) is 31.5 Å². The molecule has 2 amide bonds. The first-order valence-electron chi connectivity index (χ1n) is 11.9. The van der Waals surface area contributed by atoms with Crippen LogP contribution in [0.25, 0.3) is 0 Å². The number of rotatable bonds is 10. The van der Waals surface area contributed by atoms with Crippen molar-refractivity contribution in [2.45, 2.75) is 55.8 Å². The second-order valence-corrected chi connectivity index (χ2v) is 13.1. The highest BCUT2D eigenvalue weighted by atomic mass is 32.2. The molecule has 1 saturated heterocycles. The highest BCUT2D eigenvalue weighted by Gasteiger charge is 2.55. The fraction of sp³-hybridized carbons (Fsp3) is 0.455. The van der Waals surface area contributed by atoms with Gasteiger partial charge < -0.3 is 30.5 Å². The monoisotopic (exact) mass is 643 g/mol. The van der Waals surface area contributed by atoms with Crippen LogP contribution in [0.5, 0.6) is 0 Å². The highest BCUT2D eigenvalue weighted by Crippen LogP contribution is 2.42. The number of aryl methyl sites for hydroxylation is 1. The van der Waals surface area contributed by atoms with Crippen molar-refractivity contribution in [2.24, 2.45) is 5.16 Å². The fourth-order valence-electron chi connectivity index (χ4n) is 3.67. The number of amides is 2. The number of nitrogens with two attached hydrogens (primary N) is 1. The van der Waals surface area contributed by atoms with Gasteiger partial charge in [0.15, 0.2) is 15.2 Å². The van der Waals surface area contributed by atoms with Crippen LogP contribution < -0.4 is 11.1 Å². The maximum Gasteiger partial charge on any atom is 0.511 e. The third-order valence-electron chi connectivity index (χ3n) is 5.35. The summed E-state index contributed by atoms with van der Waals surface area (Å²) in [5.74, 6) is -1.69. The summed E-state index contributed by atoms with van der Waals surface area (Å²) in [5.41, 5.74) is 5.80. The Morgan fingerprint density at radius 3 is 2.63 bits per heavy atom. The first-order valence-corrected chi connectivity index (χ1v) is 15.6. The highest BCUT2D eigenvalue weighted by molar-refractivity contribution is 8.01. The van der Waals surface area contributed by atoms with E-state index in [1.165, 1.54) is 52.1 Å². The third kappa shape index (κ3) is 7.08.